The Balaban J connectivity index is 2.61. The molecule has 0 N–H and O–H groups in total. The molecule has 1 unspecified atom stereocenters. The Labute approximate surface area is 162 Å². The average Bonchev–Trinajstić information content (AvgIpc) is 2.87. The van der Waals surface area contributed by atoms with E-state index in [0.29, 0.717) is 6.42 Å². The van der Waals surface area contributed by atoms with E-state index in [-0.39, 0.29) is 11.4 Å². The second-order valence-electron chi connectivity index (χ2n) is 7.59. The Morgan fingerprint density at radius 3 is 2.38 bits per heavy atom. The van der Waals surface area contributed by atoms with E-state index in [2.05, 4.69) is 65.1 Å². The molecule has 0 spiro atoms. The van der Waals surface area contributed by atoms with Crippen LogP contribution >= 0.6 is 11.8 Å². The van der Waals surface area contributed by atoms with Crippen LogP contribution in [0.2, 0.25) is 0 Å². The summed E-state index contributed by atoms with van der Waals surface area (Å²) in [6, 6.07) is 10.1. The lowest BCUT2D eigenvalue weighted by Gasteiger charge is -2.36. The van der Waals surface area contributed by atoms with Gasteiger partial charge in [0.2, 0.25) is 5.91 Å². The molecule has 2 rings (SSSR count). The standard InChI is InChI=1S/C23H29NOS/c1-7-14-23(16-18(3)26-15-8-2)17-20(19-12-10-9-11-13-19)24(21(23)25)22(4,5)6/h7-13,16-17H,1-2,14-15H2,3-6H3/b18-16-. The van der Waals surface area contributed by atoms with E-state index in [1.54, 1.807) is 11.8 Å². The number of amides is 1. The van der Waals surface area contributed by atoms with Gasteiger partial charge in [-0.2, -0.15) is 0 Å². The predicted octanol–water partition coefficient (Wildman–Crippen LogP) is 6.05. The highest BCUT2D eigenvalue weighted by Gasteiger charge is 2.48. The molecule has 1 aromatic carbocycles. The van der Waals surface area contributed by atoms with E-state index >= 15 is 0 Å². The third kappa shape index (κ3) is 4.21. The highest BCUT2D eigenvalue weighted by Crippen LogP contribution is 2.46. The molecule has 1 amide bonds. The maximum atomic E-state index is 13.6. The molecule has 0 aromatic heterocycles. The molecule has 0 fully saturated rings. The number of hydrogen-bond acceptors (Lipinski definition) is 2. The van der Waals surface area contributed by atoms with Crippen LogP contribution in [0.4, 0.5) is 0 Å². The van der Waals surface area contributed by atoms with Crippen molar-refractivity contribution in [2.24, 2.45) is 5.41 Å². The molecule has 2 nitrogen and oxygen atoms in total. The quantitative estimate of drug-likeness (QED) is 0.546. The fourth-order valence-corrected chi connectivity index (χ4v) is 3.99. The lowest BCUT2D eigenvalue weighted by atomic mass is 9.83. The first-order valence-corrected chi connectivity index (χ1v) is 9.91. The van der Waals surface area contributed by atoms with Gasteiger partial charge in [-0.05, 0) is 50.7 Å². The van der Waals surface area contributed by atoms with Gasteiger partial charge in [0.25, 0.3) is 0 Å². The number of rotatable bonds is 7. The first-order valence-electron chi connectivity index (χ1n) is 8.92. The van der Waals surface area contributed by atoms with E-state index in [1.807, 2.05) is 35.3 Å². The highest BCUT2D eigenvalue weighted by atomic mass is 32.2. The van der Waals surface area contributed by atoms with Crippen LogP contribution in [0.25, 0.3) is 5.70 Å². The summed E-state index contributed by atoms with van der Waals surface area (Å²) in [5.41, 5.74) is 1.05. The first kappa shape index (κ1) is 20.3. The van der Waals surface area contributed by atoms with Crippen LogP contribution in [0.3, 0.4) is 0 Å². The number of thioether (sulfide) groups is 1. The van der Waals surface area contributed by atoms with E-state index in [9.17, 15) is 4.79 Å². The van der Waals surface area contributed by atoms with Gasteiger partial charge in [0.05, 0.1) is 5.41 Å². The van der Waals surface area contributed by atoms with E-state index in [4.69, 9.17) is 0 Å². The zero-order valence-electron chi connectivity index (χ0n) is 16.3. The van der Waals surface area contributed by atoms with E-state index in [0.717, 1.165) is 21.9 Å². The molecule has 26 heavy (non-hydrogen) atoms. The van der Waals surface area contributed by atoms with Crippen LogP contribution < -0.4 is 0 Å². The number of carbonyl (C=O) groups excluding carboxylic acids is 1. The van der Waals surface area contributed by atoms with Gasteiger partial charge in [0.1, 0.15) is 0 Å². The summed E-state index contributed by atoms with van der Waals surface area (Å²) in [6.07, 6.45) is 8.52. The SMILES string of the molecule is C=CCS/C(C)=C\C1(CC=C)C=C(c2ccccc2)N(C(C)(C)C)C1=O. The molecule has 0 aliphatic carbocycles. The van der Waals surface area contributed by atoms with Crippen molar-refractivity contribution in [3.63, 3.8) is 0 Å². The summed E-state index contributed by atoms with van der Waals surface area (Å²) in [4.78, 5) is 16.7. The summed E-state index contributed by atoms with van der Waals surface area (Å²) in [5, 5.41) is 0. The minimum absolute atomic E-state index is 0.113. The molecule has 1 aliphatic heterocycles. The molecular formula is C23H29NOS. The molecule has 138 valence electrons. The van der Waals surface area contributed by atoms with Crippen LogP contribution in [0.15, 0.2) is 72.7 Å². The van der Waals surface area contributed by atoms with Crippen LogP contribution in [0.5, 0.6) is 0 Å². The Bertz CT molecular complexity index is 739. The van der Waals surface area contributed by atoms with Crippen LogP contribution in [-0.2, 0) is 4.79 Å². The van der Waals surface area contributed by atoms with Crippen molar-refractivity contribution in [3.05, 3.63) is 78.3 Å². The molecule has 0 saturated carbocycles. The molecule has 1 aliphatic rings. The maximum Gasteiger partial charge on any atom is 0.241 e. The molecule has 1 atom stereocenters. The van der Waals surface area contributed by atoms with Crippen LogP contribution in [0, 0.1) is 5.41 Å². The number of benzene rings is 1. The zero-order valence-corrected chi connectivity index (χ0v) is 17.1. The lowest BCUT2D eigenvalue weighted by molar-refractivity contribution is -0.135. The fourth-order valence-electron chi connectivity index (χ4n) is 3.32. The normalized spacial score (nSPS) is 20.9. The largest absolute Gasteiger partial charge is 0.306 e. The van der Waals surface area contributed by atoms with E-state index in [1.165, 1.54) is 0 Å². The molecule has 0 bridgehead atoms. The Morgan fingerprint density at radius 1 is 1.19 bits per heavy atom. The summed E-state index contributed by atoms with van der Waals surface area (Å²) in [7, 11) is 0. The second kappa shape index (κ2) is 8.13. The van der Waals surface area contributed by atoms with Crippen molar-refractivity contribution in [3.8, 4) is 0 Å². The van der Waals surface area contributed by atoms with Gasteiger partial charge in [-0.25, -0.2) is 0 Å². The summed E-state index contributed by atoms with van der Waals surface area (Å²) in [5.74, 6) is 0.946. The first-order chi connectivity index (χ1) is 12.2. The van der Waals surface area contributed by atoms with Gasteiger partial charge < -0.3 is 4.90 Å². The summed E-state index contributed by atoms with van der Waals surface area (Å²) in [6.45, 7) is 16.0. The van der Waals surface area contributed by atoms with Gasteiger partial charge in [-0.3, -0.25) is 4.79 Å². The molecular weight excluding hydrogens is 338 g/mol. The van der Waals surface area contributed by atoms with Gasteiger partial charge in [-0.1, -0.05) is 48.6 Å². The monoisotopic (exact) mass is 367 g/mol. The minimum Gasteiger partial charge on any atom is -0.306 e. The average molecular weight is 368 g/mol. The Hall–Kier alpha value is -2.00. The Morgan fingerprint density at radius 2 is 1.85 bits per heavy atom. The fraction of sp³-hybridized carbons (Fsp3) is 0.348. The number of allylic oxidation sites excluding steroid dienone is 2. The third-order valence-electron chi connectivity index (χ3n) is 4.35. The summed E-state index contributed by atoms with van der Waals surface area (Å²) >= 11 is 1.70. The van der Waals surface area contributed by atoms with Crippen molar-refractivity contribution in [2.75, 3.05) is 5.75 Å². The van der Waals surface area contributed by atoms with Gasteiger partial charge in [0.15, 0.2) is 0 Å². The van der Waals surface area contributed by atoms with Crippen molar-refractivity contribution >= 4 is 23.4 Å². The van der Waals surface area contributed by atoms with Gasteiger partial charge >= 0.3 is 0 Å². The minimum atomic E-state index is -0.682. The number of nitrogens with zero attached hydrogens (tertiary/aromatic N) is 1. The molecule has 1 heterocycles. The molecule has 1 aromatic rings. The third-order valence-corrected chi connectivity index (χ3v) is 5.32. The lowest BCUT2D eigenvalue weighted by Crippen LogP contribution is -2.45. The van der Waals surface area contributed by atoms with E-state index < -0.39 is 5.41 Å². The second-order valence-corrected chi connectivity index (χ2v) is 8.86. The van der Waals surface area contributed by atoms with Gasteiger partial charge in [-0.15, -0.1) is 24.9 Å². The predicted molar refractivity (Wildman–Crippen MR) is 115 cm³/mol. The van der Waals surface area contributed by atoms with Crippen molar-refractivity contribution < 1.29 is 4.79 Å². The van der Waals surface area contributed by atoms with Crippen molar-refractivity contribution in [1.29, 1.82) is 0 Å². The smallest absolute Gasteiger partial charge is 0.241 e. The molecule has 3 heteroatoms. The maximum absolute atomic E-state index is 13.6. The molecule has 0 radical (unpaired) electrons. The van der Waals surface area contributed by atoms with Crippen molar-refractivity contribution in [2.45, 2.75) is 39.7 Å². The Kier molecular flexibility index (Phi) is 6.35. The topological polar surface area (TPSA) is 20.3 Å². The summed E-state index contributed by atoms with van der Waals surface area (Å²) < 4.78 is 0. The van der Waals surface area contributed by atoms with Crippen molar-refractivity contribution in [1.82, 2.24) is 4.90 Å². The zero-order chi connectivity index (χ0) is 19.4. The highest BCUT2D eigenvalue weighted by molar-refractivity contribution is 8.03. The van der Waals surface area contributed by atoms with Crippen LogP contribution in [0.1, 0.15) is 39.7 Å². The molecule has 0 saturated heterocycles. The number of carbonyl (C=O) groups is 1. The van der Waals surface area contributed by atoms with Gasteiger partial charge in [0, 0.05) is 17.0 Å². The number of hydrogen-bond donors (Lipinski definition) is 0. The van der Waals surface area contributed by atoms with Crippen LogP contribution in [-0.4, -0.2) is 22.1 Å².